The number of carboxylic acid groups (broad SMARTS) is 1. The minimum absolute atomic E-state index is 0.00584. The van der Waals surface area contributed by atoms with Gasteiger partial charge in [0, 0.05) is 35.9 Å². The van der Waals surface area contributed by atoms with Gasteiger partial charge in [0.25, 0.3) is 0 Å². The molecule has 3 aliphatic rings. The predicted molar refractivity (Wildman–Crippen MR) is 170 cm³/mol. The van der Waals surface area contributed by atoms with Crippen LogP contribution in [0.5, 0.6) is 0 Å². The number of carboxylic acids is 1. The zero-order valence-electron chi connectivity index (χ0n) is 27.2. The van der Waals surface area contributed by atoms with Gasteiger partial charge in [-0.25, -0.2) is 4.79 Å². The topological polar surface area (TPSA) is 199 Å². The Morgan fingerprint density at radius 1 is 0.891 bits per heavy atom. The average Bonchev–Trinajstić information content (AvgIpc) is 3.62. The number of hydrogen-bond donors (Lipinski definition) is 7. The standard InChI is InChI=1S/C33H46N6O7/c1-7-17(6)27-31(43)37-26(16(4)5)30(42)36-23(33(45)46)13-19-14-34-22-12-18(8-9-20(19)22)25(15(2)3)28(32(44)38-27)39-29(41)21-10-11-24(40)35-21/h8-9,12,14-17,21,23,25-28,34H,7,10-11,13H2,1-6H3,(H,35,40)(H,36,42)(H,37,43)(H,38,44)(H,39,41)(H,45,46)/t17-,21-,23-,25+,26-,27-,28-/m0/s1. The van der Waals surface area contributed by atoms with Crippen molar-refractivity contribution in [2.75, 3.05) is 0 Å². The first-order chi connectivity index (χ1) is 21.7. The van der Waals surface area contributed by atoms with E-state index in [1.54, 1.807) is 27.0 Å². The molecule has 13 heteroatoms. The average molecular weight is 639 g/mol. The minimum Gasteiger partial charge on any atom is -0.480 e. The lowest BCUT2D eigenvalue weighted by atomic mass is 9.81. The second-order valence-corrected chi connectivity index (χ2v) is 13.2. The first kappa shape index (κ1) is 34.5. The number of hydrogen-bond acceptors (Lipinski definition) is 6. The molecule has 3 aliphatic heterocycles. The summed E-state index contributed by atoms with van der Waals surface area (Å²) in [5.41, 5.74) is 2.10. The van der Waals surface area contributed by atoms with Crippen LogP contribution in [0.1, 0.15) is 77.8 Å². The number of carbonyl (C=O) groups is 6. The van der Waals surface area contributed by atoms with Gasteiger partial charge in [-0.15, -0.1) is 0 Å². The maximum absolute atomic E-state index is 14.3. The molecule has 0 spiro atoms. The first-order valence-corrected chi connectivity index (χ1v) is 16.0. The fraction of sp³-hybridized carbons (Fsp3) is 0.576. The molecule has 1 saturated heterocycles. The zero-order valence-corrected chi connectivity index (χ0v) is 27.2. The van der Waals surface area contributed by atoms with Gasteiger partial charge in [-0.2, -0.15) is 0 Å². The number of carbonyl (C=O) groups excluding carboxylic acids is 5. The third-order valence-electron chi connectivity index (χ3n) is 9.22. The number of aromatic nitrogens is 1. The molecule has 46 heavy (non-hydrogen) atoms. The van der Waals surface area contributed by atoms with Crippen LogP contribution in [0.2, 0.25) is 0 Å². The van der Waals surface area contributed by atoms with E-state index >= 15 is 0 Å². The van der Waals surface area contributed by atoms with Gasteiger partial charge in [-0.3, -0.25) is 24.0 Å². The van der Waals surface area contributed by atoms with Crippen LogP contribution in [-0.2, 0) is 35.2 Å². The van der Waals surface area contributed by atoms with Gasteiger partial charge in [0.15, 0.2) is 0 Å². The molecule has 4 bridgehead atoms. The van der Waals surface area contributed by atoms with E-state index < -0.39 is 71.6 Å². The van der Waals surface area contributed by atoms with Gasteiger partial charge in [-0.1, -0.05) is 60.1 Å². The van der Waals surface area contributed by atoms with E-state index in [1.165, 1.54) is 0 Å². The molecule has 0 unspecified atom stereocenters. The summed E-state index contributed by atoms with van der Waals surface area (Å²) in [4.78, 5) is 82.3. The number of H-pyrrole nitrogens is 1. The molecule has 0 saturated carbocycles. The molecular formula is C33H46N6O7. The van der Waals surface area contributed by atoms with Crippen molar-refractivity contribution in [3.8, 4) is 0 Å². The Morgan fingerprint density at radius 2 is 1.57 bits per heavy atom. The smallest absolute Gasteiger partial charge is 0.326 e. The Balaban J connectivity index is 1.85. The lowest BCUT2D eigenvalue weighted by Gasteiger charge is -2.34. The SMILES string of the molecule is CC[C@H](C)[C@@H]1NC(=O)[C@@H](NC(=O)[C@@H]2CCC(=O)N2)[C@H](C(C)C)c2ccc3c(c[nH]c3c2)C[C@@H](C(=O)O)NC(=O)[C@H](C(C)C)NC1=O. The van der Waals surface area contributed by atoms with Crippen LogP contribution >= 0.6 is 0 Å². The van der Waals surface area contributed by atoms with Crippen LogP contribution in [0.25, 0.3) is 10.9 Å². The van der Waals surface area contributed by atoms with E-state index in [0.29, 0.717) is 23.9 Å². The van der Waals surface area contributed by atoms with E-state index in [9.17, 15) is 33.9 Å². The molecule has 0 aliphatic carbocycles. The van der Waals surface area contributed by atoms with Gasteiger partial charge < -0.3 is 36.7 Å². The summed E-state index contributed by atoms with van der Waals surface area (Å²) in [5.74, 6) is -5.25. The summed E-state index contributed by atoms with van der Waals surface area (Å²) < 4.78 is 0. The van der Waals surface area contributed by atoms with E-state index in [1.807, 2.05) is 39.0 Å². The molecule has 0 radical (unpaired) electrons. The second kappa shape index (κ2) is 14.3. The monoisotopic (exact) mass is 638 g/mol. The molecule has 5 amide bonds. The van der Waals surface area contributed by atoms with E-state index in [4.69, 9.17) is 0 Å². The normalized spacial score (nSPS) is 26.9. The van der Waals surface area contributed by atoms with Gasteiger partial charge in [0.1, 0.15) is 30.2 Å². The van der Waals surface area contributed by atoms with E-state index in [2.05, 4.69) is 31.6 Å². The molecule has 5 rings (SSSR count). The highest BCUT2D eigenvalue weighted by molar-refractivity contribution is 5.97. The first-order valence-electron chi connectivity index (χ1n) is 16.0. The quantitative estimate of drug-likeness (QED) is 0.223. The number of aromatic amines is 1. The van der Waals surface area contributed by atoms with Crippen LogP contribution in [0, 0.1) is 17.8 Å². The summed E-state index contributed by atoms with van der Waals surface area (Å²) >= 11 is 0. The van der Waals surface area contributed by atoms with Gasteiger partial charge in [-0.05, 0) is 41.4 Å². The summed E-state index contributed by atoms with van der Waals surface area (Å²) in [6.45, 7) is 11.0. The fourth-order valence-corrected chi connectivity index (χ4v) is 6.33. The summed E-state index contributed by atoms with van der Waals surface area (Å²) in [5, 5.41) is 24.5. The second-order valence-electron chi connectivity index (χ2n) is 13.2. The van der Waals surface area contributed by atoms with Crippen molar-refractivity contribution in [3.05, 3.63) is 35.5 Å². The Morgan fingerprint density at radius 3 is 2.15 bits per heavy atom. The van der Waals surface area contributed by atoms with Crippen molar-refractivity contribution < 1.29 is 33.9 Å². The number of rotatable bonds is 7. The van der Waals surface area contributed by atoms with Crippen molar-refractivity contribution in [2.45, 2.75) is 103 Å². The number of aliphatic carboxylic acids is 1. The molecule has 1 fully saturated rings. The molecule has 7 N–H and O–H groups in total. The minimum atomic E-state index is -1.26. The highest BCUT2D eigenvalue weighted by atomic mass is 16.4. The Kier molecular flexibility index (Phi) is 10.7. The lowest BCUT2D eigenvalue weighted by molar-refractivity contribution is -0.142. The maximum Gasteiger partial charge on any atom is 0.326 e. The Hall–Kier alpha value is -4.42. The number of fused-ring (bicyclic) bond motifs is 12. The number of benzene rings is 1. The summed E-state index contributed by atoms with van der Waals surface area (Å²) in [7, 11) is 0. The van der Waals surface area contributed by atoms with Crippen LogP contribution < -0.4 is 26.6 Å². The van der Waals surface area contributed by atoms with Crippen LogP contribution in [-0.4, -0.2) is 75.8 Å². The maximum atomic E-state index is 14.3. The fourth-order valence-electron chi connectivity index (χ4n) is 6.33. The third-order valence-corrected chi connectivity index (χ3v) is 9.22. The van der Waals surface area contributed by atoms with Crippen molar-refractivity contribution in [2.24, 2.45) is 17.8 Å². The molecule has 250 valence electrons. The van der Waals surface area contributed by atoms with Gasteiger partial charge >= 0.3 is 5.97 Å². The third kappa shape index (κ3) is 7.51. The molecule has 2 aromatic rings. The van der Waals surface area contributed by atoms with Crippen LogP contribution in [0.4, 0.5) is 0 Å². The van der Waals surface area contributed by atoms with Crippen LogP contribution in [0.15, 0.2) is 24.4 Å². The molecule has 4 heterocycles. The molecular weight excluding hydrogens is 592 g/mol. The zero-order chi connectivity index (χ0) is 33.9. The predicted octanol–water partition coefficient (Wildman–Crippen LogP) is 1.47. The molecule has 1 aromatic heterocycles. The number of nitrogens with one attached hydrogen (secondary N) is 6. The van der Waals surface area contributed by atoms with E-state index in [0.717, 1.165) is 10.9 Å². The highest BCUT2D eigenvalue weighted by Gasteiger charge is 2.40. The number of amides is 5. The van der Waals surface area contributed by atoms with Gasteiger partial charge in [0.05, 0.1) is 0 Å². The van der Waals surface area contributed by atoms with Crippen molar-refractivity contribution >= 4 is 46.4 Å². The molecule has 7 atom stereocenters. The molecule has 1 aromatic carbocycles. The van der Waals surface area contributed by atoms with E-state index in [-0.39, 0.29) is 30.6 Å². The largest absolute Gasteiger partial charge is 0.480 e. The Bertz CT molecular complexity index is 1500. The lowest BCUT2D eigenvalue weighted by Crippen LogP contribution is -2.61. The van der Waals surface area contributed by atoms with Crippen molar-refractivity contribution in [3.63, 3.8) is 0 Å². The Labute approximate surface area is 268 Å². The highest BCUT2D eigenvalue weighted by Crippen LogP contribution is 2.32. The summed E-state index contributed by atoms with van der Waals surface area (Å²) in [6.07, 6.45) is 2.71. The van der Waals surface area contributed by atoms with Crippen molar-refractivity contribution in [1.29, 1.82) is 0 Å². The van der Waals surface area contributed by atoms with Crippen molar-refractivity contribution in [1.82, 2.24) is 31.6 Å². The van der Waals surface area contributed by atoms with Gasteiger partial charge in [0.2, 0.25) is 29.5 Å². The summed E-state index contributed by atoms with van der Waals surface area (Å²) in [6, 6.07) is 0.237. The molecule has 13 nitrogen and oxygen atoms in total. The van der Waals surface area contributed by atoms with Crippen LogP contribution in [0.3, 0.4) is 0 Å².